The van der Waals surface area contributed by atoms with Crippen molar-refractivity contribution in [1.29, 1.82) is 0 Å². The summed E-state index contributed by atoms with van der Waals surface area (Å²) in [5, 5.41) is 0. The summed E-state index contributed by atoms with van der Waals surface area (Å²) in [6, 6.07) is 6.66. The lowest BCUT2D eigenvalue weighted by Gasteiger charge is -2.02. The Morgan fingerprint density at radius 2 is 2.06 bits per heavy atom. The molecule has 1 aromatic carbocycles. The molecule has 0 heterocycles. The van der Waals surface area contributed by atoms with Crippen LogP contribution in [0.4, 0.5) is 0 Å². The van der Waals surface area contributed by atoms with Crippen molar-refractivity contribution in [3.8, 4) is 0 Å². The molecule has 3 heteroatoms. The monoisotopic (exact) mass is 216 g/mol. The predicted octanol–water partition coefficient (Wildman–Crippen LogP) is 2.59. The van der Waals surface area contributed by atoms with Crippen molar-refractivity contribution in [2.24, 2.45) is 0 Å². The minimum Gasteiger partial charge on any atom is -0.386 e. The number of benzene rings is 1. The van der Waals surface area contributed by atoms with Crippen LogP contribution >= 0.6 is 0 Å². The molecule has 0 N–H and O–H groups in total. The molecule has 0 amide bonds. The van der Waals surface area contributed by atoms with Gasteiger partial charge in [-0.05, 0) is 24.6 Å². The zero-order chi connectivity index (χ0) is 12.1. The molecule has 0 aromatic heterocycles. The van der Waals surface area contributed by atoms with Crippen molar-refractivity contribution < 1.29 is 14.3 Å². The van der Waals surface area contributed by atoms with Gasteiger partial charge in [0.15, 0.2) is 0 Å². The van der Waals surface area contributed by atoms with E-state index in [0.717, 1.165) is 5.56 Å². The molecule has 0 aliphatic carbocycles. The maximum absolute atomic E-state index is 11.5. The van der Waals surface area contributed by atoms with Crippen molar-refractivity contribution >= 4 is 18.0 Å². The van der Waals surface area contributed by atoms with Crippen molar-refractivity contribution in [3.05, 3.63) is 54.1 Å². The molecule has 16 heavy (non-hydrogen) atoms. The second kappa shape index (κ2) is 5.07. The summed E-state index contributed by atoms with van der Waals surface area (Å²) in [4.78, 5) is 22.6. The zero-order valence-corrected chi connectivity index (χ0v) is 9.03. The van der Waals surface area contributed by atoms with Gasteiger partial charge in [0.2, 0.25) is 0 Å². The smallest absolute Gasteiger partial charge is 0.346 e. The van der Waals surface area contributed by atoms with Crippen LogP contribution in [-0.2, 0) is 9.53 Å². The van der Waals surface area contributed by atoms with Gasteiger partial charge >= 0.3 is 11.9 Å². The molecule has 0 bridgehead atoms. The molecule has 1 rings (SSSR count). The number of carbonyl (C=O) groups excluding carboxylic acids is 2. The van der Waals surface area contributed by atoms with E-state index in [1.807, 2.05) is 0 Å². The van der Waals surface area contributed by atoms with Crippen molar-refractivity contribution in [1.82, 2.24) is 0 Å². The Morgan fingerprint density at radius 1 is 1.38 bits per heavy atom. The molecule has 0 atom stereocenters. The highest BCUT2D eigenvalue weighted by molar-refractivity contribution is 6.01. The van der Waals surface area contributed by atoms with Gasteiger partial charge < -0.3 is 4.74 Å². The lowest BCUT2D eigenvalue weighted by Crippen LogP contribution is -2.12. The number of esters is 2. The van der Waals surface area contributed by atoms with Crippen molar-refractivity contribution in [3.63, 3.8) is 0 Å². The summed E-state index contributed by atoms with van der Waals surface area (Å²) in [6.45, 7) is 8.46. The summed E-state index contributed by atoms with van der Waals surface area (Å²) in [6.07, 6.45) is 1.61. The van der Waals surface area contributed by atoms with Crippen LogP contribution in [0.5, 0.6) is 0 Å². The Hall–Kier alpha value is -2.16. The normalized spacial score (nSPS) is 9.31. The van der Waals surface area contributed by atoms with Gasteiger partial charge in [-0.25, -0.2) is 9.59 Å². The predicted molar refractivity (Wildman–Crippen MR) is 61.8 cm³/mol. The maximum atomic E-state index is 11.5. The highest BCUT2D eigenvalue weighted by Gasteiger charge is 2.13. The Morgan fingerprint density at radius 3 is 2.62 bits per heavy atom. The molecule has 0 saturated heterocycles. The Kier molecular flexibility index (Phi) is 3.78. The van der Waals surface area contributed by atoms with Crippen LogP contribution in [0.2, 0.25) is 0 Å². The average molecular weight is 216 g/mol. The molecular formula is C13H12O3. The fraction of sp³-hybridized carbons (Fsp3) is 0.0769. The molecule has 0 radical (unpaired) electrons. The number of ether oxygens (including phenoxy) is 1. The van der Waals surface area contributed by atoms with Gasteiger partial charge in [-0.3, -0.25) is 0 Å². The van der Waals surface area contributed by atoms with E-state index in [4.69, 9.17) is 0 Å². The van der Waals surface area contributed by atoms with Crippen LogP contribution in [0.1, 0.15) is 22.8 Å². The highest BCUT2D eigenvalue weighted by atomic mass is 16.6. The second-order valence-corrected chi connectivity index (χ2v) is 3.29. The molecule has 0 fully saturated rings. The molecule has 0 unspecified atom stereocenters. The van der Waals surface area contributed by atoms with E-state index < -0.39 is 11.9 Å². The van der Waals surface area contributed by atoms with E-state index in [2.05, 4.69) is 17.9 Å². The van der Waals surface area contributed by atoms with Crippen LogP contribution in [0, 0.1) is 0 Å². The zero-order valence-electron chi connectivity index (χ0n) is 9.03. The fourth-order valence-electron chi connectivity index (χ4n) is 1.02. The minimum atomic E-state index is -0.714. The molecule has 0 saturated carbocycles. The van der Waals surface area contributed by atoms with E-state index in [-0.39, 0.29) is 5.57 Å². The lowest BCUT2D eigenvalue weighted by molar-refractivity contribution is -0.133. The van der Waals surface area contributed by atoms with Crippen molar-refractivity contribution in [2.75, 3.05) is 0 Å². The number of hydrogen-bond acceptors (Lipinski definition) is 3. The second-order valence-electron chi connectivity index (χ2n) is 3.29. The molecule has 1 aromatic rings. The standard InChI is InChI=1S/C13H12O3/c1-4-10-6-5-7-11(8-10)13(15)16-12(14)9(2)3/h4-8H,1-2H2,3H3. The Balaban J connectivity index is 2.84. The van der Waals surface area contributed by atoms with E-state index in [1.54, 1.807) is 30.3 Å². The summed E-state index contributed by atoms with van der Waals surface area (Å²) >= 11 is 0. The number of rotatable bonds is 3. The summed E-state index contributed by atoms with van der Waals surface area (Å²) in [5.41, 5.74) is 1.29. The van der Waals surface area contributed by atoms with E-state index >= 15 is 0 Å². The molecule has 82 valence electrons. The third-order valence-electron chi connectivity index (χ3n) is 1.89. The van der Waals surface area contributed by atoms with Crippen LogP contribution in [0.25, 0.3) is 6.08 Å². The van der Waals surface area contributed by atoms with E-state index in [9.17, 15) is 9.59 Å². The highest BCUT2D eigenvalue weighted by Crippen LogP contribution is 2.08. The van der Waals surface area contributed by atoms with Crippen LogP contribution in [0.3, 0.4) is 0 Å². The molecule has 0 aliphatic heterocycles. The minimum absolute atomic E-state index is 0.188. The quantitative estimate of drug-likeness (QED) is 0.443. The van der Waals surface area contributed by atoms with Gasteiger partial charge in [0.25, 0.3) is 0 Å². The first-order valence-corrected chi connectivity index (χ1v) is 4.69. The molecule has 3 nitrogen and oxygen atoms in total. The Labute approximate surface area is 94.0 Å². The van der Waals surface area contributed by atoms with Gasteiger partial charge in [0.1, 0.15) is 0 Å². The van der Waals surface area contributed by atoms with Gasteiger partial charge in [-0.2, -0.15) is 0 Å². The van der Waals surface area contributed by atoms with E-state index in [0.29, 0.717) is 5.56 Å². The Bertz CT molecular complexity index is 458. The SMILES string of the molecule is C=Cc1cccc(C(=O)OC(=O)C(=C)C)c1. The molecule has 0 spiro atoms. The van der Waals surface area contributed by atoms with Gasteiger partial charge in [-0.15, -0.1) is 0 Å². The summed E-state index contributed by atoms with van der Waals surface area (Å²) in [7, 11) is 0. The van der Waals surface area contributed by atoms with Gasteiger partial charge in [0, 0.05) is 5.57 Å². The molecular weight excluding hydrogens is 204 g/mol. The summed E-state index contributed by atoms with van der Waals surface area (Å²) in [5.74, 6) is -1.40. The van der Waals surface area contributed by atoms with Gasteiger partial charge in [-0.1, -0.05) is 31.4 Å². The topological polar surface area (TPSA) is 43.4 Å². The van der Waals surface area contributed by atoms with Crippen molar-refractivity contribution in [2.45, 2.75) is 6.92 Å². The largest absolute Gasteiger partial charge is 0.386 e. The number of carbonyl (C=O) groups is 2. The summed E-state index contributed by atoms with van der Waals surface area (Å²) < 4.78 is 4.59. The maximum Gasteiger partial charge on any atom is 0.346 e. The molecule has 0 aliphatic rings. The average Bonchev–Trinajstić information content (AvgIpc) is 2.28. The van der Waals surface area contributed by atoms with Crippen LogP contribution in [0.15, 0.2) is 43.0 Å². The first-order valence-electron chi connectivity index (χ1n) is 4.69. The van der Waals surface area contributed by atoms with E-state index in [1.165, 1.54) is 6.92 Å². The third kappa shape index (κ3) is 2.92. The fourth-order valence-corrected chi connectivity index (χ4v) is 1.02. The van der Waals surface area contributed by atoms with Crippen LogP contribution in [-0.4, -0.2) is 11.9 Å². The lowest BCUT2D eigenvalue weighted by atomic mass is 10.1. The number of hydrogen-bond donors (Lipinski definition) is 0. The third-order valence-corrected chi connectivity index (χ3v) is 1.89. The first kappa shape index (κ1) is 11.9. The van der Waals surface area contributed by atoms with Gasteiger partial charge in [0.05, 0.1) is 5.56 Å². The van der Waals surface area contributed by atoms with Crippen LogP contribution < -0.4 is 0 Å². The first-order chi connectivity index (χ1) is 7.54.